The van der Waals surface area contributed by atoms with Crippen molar-refractivity contribution < 1.29 is 8.42 Å². The predicted octanol–water partition coefficient (Wildman–Crippen LogP) is 2.21. The Morgan fingerprint density at radius 1 is 1.04 bits per heavy atom. The van der Waals surface area contributed by atoms with Gasteiger partial charge in [-0.25, -0.2) is 8.42 Å². The first kappa shape index (κ1) is 17.6. The molecule has 3 rings (SSSR count). The lowest BCUT2D eigenvalue weighted by Gasteiger charge is -2.36. The summed E-state index contributed by atoms with van der Waals surface area (Å²) in [6, 6.07) is 13.8. The van der Waals surface area contributed by atoms with E-state index < -0.39 is 10.0 Å². The van der Waals surface area contributed by atoms with Gasteiger partial charge in [0.2, 0.25) is 0 Å². The van der Waals surface area contributed by atoms with Crippen molar-refractivity contribution in [1.82, 2.24) is 4.90 Å². The third-order valence-electron chi connectivity index (χ3n) is 4.50. The largest absolute Gasteiger partial charge is 0.397 e. The molecule has 3 N–H and O–H groups in total. The van der Waals surface area contributed by atoms with Gasteiger partial charge in [-0.2, -0.15) is 0 Å². The first-order chi connectivity index (χ1) is 12.0. The van der Waals surface area contributed by atoms with Crippen LogP contribution in [-0.4, -0.2) is 46.0 Å². The summed E-state index contributed by atoms with van der Waals surface area (Å²) in [5.41, 5.74) is 8.08. The average molecular weight is 360 g/mol. The molecule has 0 saturated carbocycles. The standard InChI is InChI=1S/C18H24N4O2S/c1-2-21-10-12-22(13-11-21)18-9-8-16(14-17(18)19)25(23,24)20-15-6-4-3-5-7-15/h3-9,14,20H,2,10-13,19H2,1H3. The highest BCUT2D eigenvalue weighted by Gasteiger charge is 2.20. The van der Waals surface area contributed by atoms with Gasteiger partial charge in [0.1, 0.15) is 0 Å². The predicted molar refractivity (Wildman–Crippen MR) is 102 cm³/mol. The molecule has 6 nitrogen and oxygen atoms in total. The third kappa shape index (κ3) is 4.05. The first-order valence-electron chi connectivity index (χ1n) is 8.44. The normalized spacial score (nSPS) is 16.0. The second-order valence-corrected chi connectivity index (χ2v) is 7.80. The van der Waals surface area contributed by atoms with Crippen LogP contribution in [0.15, 0.2) is 53.4 Å². The molecule has 134 valence electrons. The second-order valence-electron chi connectivity index (χ2n) is 6.11. The Labute approximate surface area is 149 Å². The molecule has 0 atom stereocenters. The van der Waals surface area contributed by atoms with E-state index in [9.17, 15) is 8.42 Å². The lowest BCUT2D eigenvalue weighted by atomic mass is 10.2. The van der Waals surface area contributed by atoms with Crippen molar-refractivity contribution >= 4 is 27.1 Å². The highest BCUT2D eigenvalue weighted by Crippen LogP contribution is 2.28. The maximum atomic E-state index is 12.5. The lowest BCUT2D eigenvalue weighted by Crippen LogP contribution is -2.46. The Bertz CT molecular complexity index is 816. The lowest BCUT2D eigenvalue weighted by molar-refractivity contribution is 0.271. The van der Waals surface area contributed by atoms with Crippen LogP contribution >= 0.6 is 0 Å². The van der Waals surface area contributed by atoms with Gasteiger partial charge < -0.3 is 15.5 Å². The maximum Gasteiger partial charge on any atom is 0.261 e. The number of benzene rings is 2. The van der Waals surface area contributed by atoms with Gasteiger partial charge in [-0.3, -0.25) is 4.72 Å². The number of nitrogens with zero attached hydrogens (tertiary/aromatic N) is 2. The molecule has 7 heteroatoms. The van der Waals surface area contributed by atoms with Crippen LogP contribution in [-0.2, 0) is 10.0 Å². The number of hydrogen-bond donors (Lipinski definition) is 2. The van der Waals surface area contributed by atoms with Crippen molar-refractivity contribution in [2.75, 3.05) is 48.1 Å². The van der Waals surface area contributed by atoms with Gasteiger partial charge >= 0.3 is 0 Å². The minimum Gasteiger partial charge on any atom is -0.397 e. The molecule has 0 amide bonds. The molecular weight excluding hydrogens is 336 g/mol. The number of piperazine rings is 1. The number of rotatable bonds is 5. The molecule has 2 aromatic carbocycles. The SMILES string of the molecule is CCN1CCN(c2ccc(S(=O)(=O)Nc3ccccc3)cc2N)CC1. The third-order valence-corrected chi connectivity index (χ3v) is 5.87. The van der Waals surface area contributed by atoms with Crippen LogP contribution in [0.2, 0.25) is 0 Å². The minimum absolute atomic E-state index is 0.171. The van der Waals surface area contributed by atoms with E-state index in [4.69, 9.17) is 5.73 Å². The Kier molecular flexibility index (Phi) is 5.15. The van der Waals surface area contributed by atoms with Gasteiger partial charge in [-0.15, -0.1) is 0 Å². The molecule has 1 aliphatic rings. The monoisotopic (exact) mass is 360 g/mol. The van der Waals surface area contributed by atoms with Crippen molar-refractivity contribution in [2.24, 2.45) is 0 Å². The minimum atomic E-state index is -3.65. The van der Waals surface area contributed by atoms with E-state index in [1.165, 1.54) is 6.07 Å². The van der Waals surface area contributed by atoms with Gasteiger partial charge in [0, 0.05) is 31.9 Å². The summed E-state index contributed by atoms with van der Waals surface area (Å²) in [7, 11) is -3.65. The molecule has 0 aliphatic carbocycles. The van der Waals surface area contributed by atoms with Crippen molar-refractivity contribution in [2.45, 2.75) is 11.8 Å². The number of nitrogens with two attached hydrogens (primary N) is 1. The van der Waals surface area contributed by atoms with Crippen LogP contribution in [0.25, 0.3) is 0 Å². The second kappa shape index (κ2) is 7.33. The number of likely N-dealkylation sites (N-methyl/N-ethyl adjacent to an activating group) is 1. The molecule has 1 saturated heterocycles. The van der Waals surface area contributed by atoms with Crippen molar-refractivity contribution in [3.05, 3.63) is 48.5 Å². The van der Waals surface area contributed by atoms with Crippen molar-refractivity contribution in [3.8, 4) is 0 Å². The molecule has 0 spiro atoms. The van der Waals surface area contributed by atoms with Gasteiger partial charge in [-0.05, 0) is 36.9 Å². The highest BCUT2D eigenvalue weighted by molar-refractivity contribution is 7.92. The molecule has 0 bridgehead atoms. The zero-order valence-corrected chi connectivity index (χ0v) is 15.2. The van der Waals surface area contributed by atoms with E-state index in [2.05, 4.69) is 21.4 Å². The van der Waals surface area contributed by atoms with E-state index in [0.717, 1.165) is 38.4 Å². The summed E-state index contributed by atoms with van der Waals surface area (Å²) < 4.78 is 27.6. The average Bonchev–Trinajstić information content (AvgIpc) is 2.62. The van der Waals surface area contributed by atoms with Gasteiger partial charge in [0.25, 0.3) is 10.0 Å². The summed E-state index contributed by atoms with van der Waals surface area (Å²) in [5.74, 6) is 0. The van der Waals surface area contributed by atoms with Crippen molar-refractivity contribution in [1.29, 1.82) is 0 Å². The summed E-state index contributed by atoms with van der Waals surface area (Å²) in [5, 5.41) is 0. The molecule has 2 aromatic rings. The molecule has 25 heavy (non-hydrogen) atoms. The number of nitrogen functional groups attached to an aromatic ring is 1. The Hall–Kier alpha value is -2.25. The fraction of sp³-hybridized carbons (Fsp3) is 0.333. The van der Waals surface area contributed by atoms with Gasteiger partial charge in [0.15, 0.2) is 0 Å². The molecular formula is C18H24N4O2S. The van der Waals surface area contributed by atoms with E-state index in [1.54, 1.807) is 36.4 Å². The summed E-state index contributed by atoms with van der Waals surface area (Å²) >= 11 is 0. The molecule has 0 radical (unpaired) electrons. The molecule has 0 unspecified atom stereocenters. The first-order valence-corrected chi connectivity index (χ1v) is 9.92. The van der Waals surface area contributed by atoms with E-state index in [0.29, 0.717) is 11.4 Å². The molecule has 1 fully saturated rings. The number of para-hydroxylation sites is 1. The number of sulfonamides is 1. The quantitative estimate of drug-likeness (QED) is 0.800. The zero-order chi connectivity index (χ0) is 17.9. The molecule has 1 aliphatic heterocycles. The number of nitrogens with one attached hydrogen (secondary N) is 1. The molecule has 0 aromatic heterocycles. The maximum absolute atomic E-state index is 12.5. The summed E-state index contributed by atoms with van der Waals surface area (Å²) in [6.07, 6.45) is 0. The van der Waals surface area contributed by atoms with Crippen LogP contribution in [0.5, 0.6) is 0 Å². The Morgan fingerprint density at radius 2 is 1.72 bits per heavy atom. The van der Waals surface area contributed by atoms with Crippen LogP contribution in [0.1, 0.15) is 6.92 Å². The van der Waals surface area contributed by atoms with E-state index >= 15 is 0 Å². The van der Waals surface area contributed by atoms with Crippen molar-refractivity contribution in [3.63, 3.8) is 0 Å². The van der Waals surface area contributed by atoms with Crippen LogP contribution in [0.3, 0.4) is 0 Å². The smallest absolute Gasteiger partial charge is 0.261 e. The fourth-order valence-electron chi connectivity index (χ4n) is 3.01. The Balaban J connectivity index is 1.77. The van der Waals surface area contributed by atoms with Crippen LogP contribution in [0.4, 0.5) is 17.1 Å². The topological polar surface area (TPSA) is 78.7 Å². The Morgan fingerprint density at radius 3 is 2.32 bits per heavy atom. The van der Waals surface area contributed by atoms with Gasteiger partial charge in [-0.1, -0.05) is 25.1 Å². The highest BCUT2D eigenvalue weighted by atomic mass is 32.2. The van der Waals surface area contributed by atoms with Crippen LogP contribution in [0, 0.1) is 0 Å². The van der Waals surface area contributed by atoms with Gasteiger partial charge in [0.05, 0.1) is 16.3 Å². The summed E-state index contributed by atoms with van der Waals surface area (Å²) in [4.78, 5) is 4.77. The number of hydrogen-bond acceptors (Lipinski definition) is 5. The van der Waals surface area contributed by atoms with E-state index in [1.807, 2.05) is 6.07 Å². The fourth-order valence-corrected chi connectivity index (χ4v) is 4.11. The zero-order valence-electron chi connectivity index (χ0n) is 14.4. The van der Waals surface area contributed by atoms with E-state index in [-0.39, 0.29) is 4.90 Å². The summed E-state index contributed by atoms with van der Waals surface area (Å²) in [6.45, 7) is 6.98. The number of anilines is 3. The van der Waals surface area contributed by atoms with Crippen LogP contribution < -0.4 is 15.4 Å². The molecule has 1 heterocycles.